The molecule has 1 N–H and O–H groups in total. The lowest BCUT2D eigenvalue weighted by atomic mass is 9.93. The zero-order valence-electron chi connectivity index (χ0n) is 16.7. The Balaban J connectivity index is 1.47. The predicted molar refractivity (Wildman–Crippen MR) is 112 cm³/mol. The number of rotatable bonds is 5. The third-order valence-corrected chi connectivity index (χ3v) is 5.51. The maximum Gasteiger partial charge on any atom is 0.331 e. The molecule has 4 amide bonds. The second kappa shape index (κ2) is 8.95. The first-order chi connectivity index (χ1) is 14.6. The van der Waals surface area contributed by atoms with Crippen LogP contribution < -0.4 is 10.1 Å². The van der Waals surface area contributed by atoms with Crippen molar-refractivity contribution >= 4 is 23.9 Å². The van der Waals surface area contributed by atoms with E-state index in [1.807, 2.05) is 30.3 Å². The van der Waals surface area contributed by atoms with Crippen LogP contribution in [0.4, 0.5) is 4.79 Å². The summed E-state index contributed by atoms with van der Waals surface area (Å²) < 4.78 is 5.77. The molecule has 6 nitrogen and oxygen atoms in total. The Morgan fingerprint density at radius 1 is 0.933 bits per heavy atom. The standard InChI is InChI=1S/C24H24N2O4/c27-22-21(23(28)26(24(29)25-22)19-9-5-2-6-10-19)15-17-11-13-20(14-12-17)30-16-18-7-3-1-4-8-18/h1,3-4,7-8,11-15,19H,2,5-6,9-10,16H2,(H,25,27,29)/b21-15-. The largest absolute Gasteiger partial charge is 0.489 e. The minimum atomic E-state index is -0.651. The molecular formula is C24H24N2O4. The lowest BCUT2D eigenvalue weighted by Gasteiger charge is -2.35. The van der Waals surface area contributed by atoms with E-state index in [4.69, 9.17) is 4.74 Å². The molecule has 0 spiro atoms. The summed E-state index contributed by atoms with van der Waals surface area (Å²) in [5.41, 5.74) is 1.75. The van der Waals surface area contributed by atoms with Crippen LogP contribution in [0.25, 0.3) is 6.08 Å². The highest BCUT2D eigenvalue weighted by atomic mass is 16.5. The first kappa shape index (κ1) is 19.9. The number of amides is 4. The molecule has 0 unspecified atom stereocenters. The van der Waals surface area contributed by atoms with E-state index in [-0.39, 0.29) is 11.6 Å². The lowest BCUT2D eigenvalue weighted by Crippen LogP contribution is -2.58. The Labute approximate surface area is 175 Å². The maximum atomic E-state index is 12.9. The molecule has 2 aromatic carbocycles. The summed E-state index contributed by atoms with van der Waals surface area (Å²) in [7, 11) is 0. The fourth-order valence-electron chi connectivity index (χ4n) is 3.91. The molecule has 154 valence electrons. The highest BCUT2D eigenvalue weighted by Gasteiger charge is 2.40. The number of barbiturate groups is 1. The Hall–Kier alpha value is -3.41. The number of ether oxygens (including phenoxy) is 1. The fourth-order valence-corrected chi connectivity index (χ4v) is 3.91. The number of carbonyl (C=O) groups is 3. The third kappa shape index (κ3) is 4.43. The molecule has 6 heteroatoms. The zero-order chi connectivity index (χ0) is 20.9. The Morgan fingerprint density at radius 2 is 1.63 bits per heavy atom. The summed E-state index contributed by atoms with van der Waals surface area (Å²) in [5, 5.41) is 2.31. The van der Waals surface area contributed by atoms with Crippen molar-refractivity contribution in [2.45, 2.75) is 44.8 Å². The number of carbonyl (C=O) groups excluding carboxylic acids is 3. The van der Waals surface area contributed by atoms with Crippen LogP contribution >= 0.6 is 0 Å². The summed E-state index contributed by atoms with van der Waals surface area (Å²) >= 11 is 0. The maximum absolute atomic E-state index is 12.9. The molecule has 0 aromatic heterocycles. The van der Waals surface area contributed by atoms with Crippen molar-refractivity contribution < 1.29 is 19.1 Å². The van der Waals surface area contributed by atoms with E-state index in [1.54, 1.807) is 24.3 Å². The summed E-state index contributed by atoms with van der Waals surface area (Å²) in [6.07, 6.45) is 6.18. The van der Waals surface area contributed by atoms with Gasteiger partial charge in [0.1, 0.15) is 17.9 Å². The second-order valence-corrected chi connectivity index (χ2v) is 7.63. The van der Waals surface area contributed by atoms with Gasteiger partial charge in [0.2, 0.25) is 0 Å². The van der Waals surface area contributed by atoms with Crippen molar-refractivity contribution in [3.63, 3.8) is 0 Å². The van der Waals surface area contributed by atoms with Crippen molar-refractivity contribution in [1.82, 2.24) is 10.2 Å². The van der Waals surface area contributed by atoms with Gasteiger partial charge in [-0.1, -0.05) is 61.7 Å². The average molecular weight is 404 g/mol. The minimum Gasteiger partial charge on any atom is -0.489 e. The van der Waals surface area contributed by atoms with Crippen LogP contribution in [-0.2, 0) is 16.2 Å². The topological polar surface area (TPSA) is 75.7 Å². The van der Waals surface area contributed by atoms with Crippen molar-refractivity contribution in [1.29, 1.82) is 0 Å². The number of benzene rings is 2. The first-order valence-corrected chi connectivity index (χ1v) is 10.3. The number of hydrogen-bond donors (Lipinski definition) is 1. The van der Waals surface area contributed by atoms with Gasteiger partial charge >= 0.3 is 6.03 Å². The summed E-state index contributed by atoms with van der Waals surface area (Å²) in [6, 6.07) is 16.3. The van der Waals surface area contributed by atoms with Crippen molar-refractivity contribution in [3.8, 4) is 5.75 Å². The number of imide groups is 2. The zero-order valence-corrected chi connectivity index (χ0v) is 16.7. The van der Waals surface area contributed by atoms with E-state index in [2.05, 4.69) is 5.32 Å². The lowest BCUT2D eigenvalue weighted by molar-refractivity contribution is -0.132. The van der Waals surface area contributed by atoms with Gasteiger partial charge < -0.3 is 4.74 Å². The highest BCUT2D eigenvalue weighted by molar-refractivity contribution is 6.31. The molecule has 30 heavy (non-hydrogen) atoms. The van der Waals surface area contributed by atoms with Gasteiger partial charge in [-0.05, 0) is 42.2 Å². The van der Waals surface area contributed by atoms with Crippen LogP contribution in [0.2, 0.25) is 0 Å². The molecule has 2 aromatic rings. The molecular weight excluding hydrogens is 380 g/mol. The fraction of sp³-hybridized carbons (Fsp3) is 0.292. The van der Waals surface area contributed by atoms with Gasteiger partial charge in [-0.3, -0.25) is 19.8 Å². The first-order valence-electron chi connectivity index (χ1n) is 10.3. The molecule has 1 aliphatic heterocycles. The molecule has 0 atom stereocenters. The number of hydrogen-bond acceptors (Lipinski definition) is 4. The average Bonchev–Trinajstić information content (AvgIpc) is 2.77. The van der Waals surface area contributed by atoms with Gasteiger partial charge in [-0.15, -0.1) is 0 Å². The van der Waals surface area contributed by atoms with E-state index in [0.29, 0.717) is 17.9 Å². The van der Waals surface area contributed by atoms with Crippen LogP contribution in [0.3, 0.4) is 0 Å². The van der Waals surface area contributed by atoms with Crippen molar-refractivity contribution in [2.24, 2.45) is 0 Å². The smallest absolute Gasteiger partial charge is 0.331 e. The molecule has 0 bridgehead atoms. The Bertz CT molecular complexity index is 960. The molecule has 1 saturated heterocycles. The van der Waals surface area contributed by atoms with Crippen molar-refractivity contribution in [3.05, 3.63) is 71.3 Å². The van der Waals surface area contributed by atoms with E-state index >= 15 is 0 Å². The second-order valence-electron chi connectivity index (χ2n) is 7.63. The van der Waals surface area contributed by atoms with Crippen LogP contribution in [0.15, 0.2) is 60.2 Å². The quantitative estimate of drug-likeness (QED) is 0.602. The van der Waals surface area contributed by atoms with Crippen LogP contribution in [0, 0.1) is 0 Å². The number of nitrogens with zero attached hydrogens (tertiary/aromatic N) is 1. The normalized spacial score (nSPS) is 19.1. The van der Waals surface area contributed by atoms with Crippen LogP contribution in [0.1, 0.15) is 43.2 Å². The Kier molecular flexibility index (Phi) is 5.93. The predicted octanol–water partition coefficient (Wildman–Crippen LogP) is 4.06. The van der Waals surface area contributed by atoms with Gasteiger partial charge in [0.05, 0.1) is 0 Å². The molecule has 2 fully saturated rings. The van der Waals surface area contributed by atoms with Crippen molar-refractivity contribution in [2.75, 3.05) is 0 Å². The van der Waals surface area contributed by atoms with Gasteiger partial charge in [-0.2, -0.15) is 0 Å². The molecule has 4 rings (SSSR count). The molecule has 0 radical (unpaired) electrons. The number of nitrogens with one attached hydrogen (secondary N) is 1. The SMILES string of the molecule is O=C1NC(=O)N(C2CCCCC2)C(=O)/C1=C\c1ccc(OCc2ccccc2)cc1. The molecule has 1 saturated carbocycles. The van der Waals surface area contributed by atoms with Gasteiger partial charge in [0.15, 0.2) is 0 Å². The summed E-state index contributed by atoms with van der Waals surface area (Å²) in [6.45, 7) is 0.459. The monoisotopic (exact) mass is 404 g/mol. The molecule has 1 heterocycles. The summed E-state index contributed by atoms with van der Waals surface area (Å²) in [4.78, 5) is 38.7. The van der Waals surface area contributed by atoms with E-state index < -0.39 is 17.8 Å². The molecule has 2 aliphatic rings. The third-order valence-electron chi connectivity index (χ3n) is 5.51. The van der Waals surface area contributed by atoms with E-state index in [1.165, 1.54) is 11.0 Å². The van der Waals surface area contributed by atoms with Gasteiger partial charge in [0.25, 0.3) is 11.8 Å². The number of urea groups is 1. The molecule has 1 aliphatic carbocycles. The Morgan fingerprint density at radius 3 is 2.33 bits per heavy atom. The minimum absolute atomic E-state index is 0.0156. The van der Waals surface area contributed by atoms with Gasteiger partial charge in [0, 0.05) is 6.04 Å². The van der Waals surface area contributed by atoms with Crippen LogP contribution in [0.5, 0.6) is 5.75 Å². The van der Waals surface area contributed by atoms with Gasteiger partial charge in [-0.25, -0.2) is 4.79 Å². The van der Waals surface area contributed by atoms with E-state index in [0.717, 1.165) is 37.7 Å². The van der Waals surface area contributed by atoms with Crippen LogP contribution in [-0.4, -0.2) is 28.8 Å². The highest BCUT2D eigenvalue weighted by Crippen LogP contribution is 2.26. The van der Waals surface area contributed by atoms with E-state index in [9.17, 15) is 14.4 Å². The summed E-state index contributed by atoms with van der Waals surface area (Å²) in [5.74, 6) is -0.471.